The molecule has 0 bridgehead atoms. The number of aromatic nitrogens is 2. The lowest BCUT2D eigenvalue weighted by Gasteiger charge is -2.32. The van der Waals surface area contributed by atoms with Gasteiger partial charge in [-0.05, 0) is 49.7 Å². The lowest BCUT2D eigenvalue weighted by molar-refractivity contribution is 0.0704. The first-order valence-electron chi connectivity index (χ1n) is 9.26. The van der Waals surface area contributed by atoms with Crippen molar-refractivity contribution < 1.29 is 9.59 Å². The summed E-state index contributed by atoms with van der Waals surface area (Å²) in [6.07, 6.45) is 5.20. The molecule has 1 fully saturated rings. The summed E-state index contributed by atoms with van der Waals surface area (Å²) < 4.78 is 0. The Morgan fingerprint density at radius 3 is 3.00 bits per heavy atom. The highest BCUT2D eigenvalue weighted by Crippen LogP contribution is 2.34. The molecule has 2 atom stereocenters. The second-order valence-corrected chi connectivity index (χ2v) is 8.53. The van der Waals surface area contributed by atoms with Crippen molar-refractivity contribution in [2.45, 2.75) is 44.9 Å². The van der Waals surface area contributed by atoms with Crippen molar-refractivity contribution in [2.24, 2.45) is 11.7 Å². The van der Waals surface area contributed by atoms with Crippen LogP contribution in [0.2, 0.25) is 0 Å². The number of carbonyl (C=O) groups excluding carboxylic acids is 2. The summed E-state index contributed by atoms with van der Waals surface area (Å²) in [6.45, 7) is 3.72. The van der Waals surface area contributed by atoms with Crippen LogP contribution in [0.25, 0.3) is 0 Å². The molecule has 6 nitrogen and oxygen atoms in total. The van der Waals surface area contributed by atoms with E-state index in [2.05, 4.69) is 22.5 Å². The summed E-state index contributed by atoms with van der Waals surface area (Å²) in [5.41, 5.74) is 8.61. The summed E-state index contributed by atoms with van der Waals surface area (Å²) in [4.78, 5) is 27.7. The summed E-state index contributed by atoms with van der Waals surface area (Å²) >= 11 is 1.74. The first-order chi connectivity index (χ1) is 12.5. The molecule has 0 radical (unpaired) electrons. The molecule has 0 spiro atoms. The molecule has 138 valence electrons. The van der Waals surface area contributed by atoms with Gasteiger partial charge in [-0.15, -0.1) is 11.3 Å². The highest BCUT2D eigenvalue weighted by molar-refractivity contribution is 7.10. The minimum atomic E-state index is -0.532. The van der Waals surface area contributed by atoms with Gasteiger partial charge in [-0.3, -0.25) is 14.7 Å². The van der Waals surface area contributed by atoms with Gasteiger partial charge in [0.25, 0.3) is 11.8 Å². The molecule has 2 aliphatic rings. The topological polar surface area (TPSA) is 92.1 Å². The third-order valence-corrected chi connectivity index (χ3v) is 6.68. The number of hydrogen-bond acceptors (Lipinski definition) is 4. The number of likely N-dealkylation sites (tertiary alicyclic amines) is 1. The van der Waals surface area contributed by atoms with Crippen molar-refractivity contribution >= 4 is 23.2 Å². The number of primary amides is 1. The summed E-state index contributed by atoms with van der Waals surface area (Å²) in [5.74, 6) is 0.498. The van der Waals surface area contributed by atoms with E-state index in [0.29, 0.717) is 12.5 Å². The highest BCUT2D eigenvalue weighted by Gasteiger charge is 2.30. The van der Waals surface area contributed by atoms with E-state index < -0.39 is 5.91 Å². The molecular formula is C19H24N4O2S. The fourth-order valence-electron chi connectivity index (χ4n) is 4.11. The van der Waals surface area contributed by atoms with Crippen LogP contribution in [0.5, 0.6) is 0 Å². The molecule has 4 rings (SSSR count). The molecular weight excluding hydrogens is 348 g/mol. The number of carbonyl (C=O) groups is 2. The molecule has 1 aliphatic heterocycles. The van der Waals surface area contributed by atoms with E-state index in [9.17, 15) is 9.59 Å². The Balaban J connectivity index is 1.51. The maximum Gasteiger partial charge on any atom is 0.269 e. The smallest absolute Gasteiger partial charge is 0.269 e. The van der Waals surface area contributed by atoms with Crippen LogP contribution in [0, 0.1) is 5.92 Å². The molecule has 2 aromatic heterocycles. The highest BCUT2D eigenvalue weighted by atomic mass is 32.1. The Kier molecular flexibility index (Phi) is 4.56. The van der Waals surface area contributed by atoms with Gasteiger partial charge >= 0.3 is 0 Å². The Bertz CT molecular complexity index is 840. The zero-order valence-electron chi connectivity index (χ0n) is 15.0. The van der Waals surface area contributed by atoms with E-state index in [1.807, 2.05) is 4.90 Å². The number of nitrogens with zero attached hydrogens (tertiary/aromatic N) is 2. The molecule has 1 aliphatic carbocycles. The van der Waals surface area contributed by atoms with Crippen LogP contribution in [0.1, 0.15) is 69.1 Å². The van der Waals surface area contributed by atoms with Gasteiger partial charge in [0, 0.05) is 35.0 Å². The monoisotopic (exact) mass is 372 g/mol. The third-order valence-electron chi connectivity index (χ3n) is 5.63. The number of aromatic amines is 1. The number of rotatable bonds is 3. The lowest BCUT2D eigenvalue weighted by Crippen LogP contribution is -2.39. The van der Waals surface area contributed by atoms with E-state index >= 15 is 0 Å². The minimum Gasteiger partial charge on any atom is -0.364 e. The number of H-pyrrole nitrogens is 1. The fourth-order valence-corrected chi connectivity index (χ4v) is 5.35. The number of amides is 2. The number of nitrogens with two attached hydrogens (primary N) is 1. The SMILES string of the molecule is C[C@@H]1CCc2c(C(=O)N3CCC[C@@H](c4cc(C(N)=O)n[nH]4)C3)csc2C1. The van der Waals surface area contributed by atoms with Gasteiger partial charge in [0.15, 0.2) is 0 Å². The maximum absolute atomic E-state index is 13.1. The van der Waals surface area contributed by atoms with Crippen LogP contribution < -0.4 is 5.73 Å². The number of thiophene rings is 1. The van der Waals surface area contributed by atoms with Crippen molar-refractivity contribution in [1.82, 2.24) is 15.1 Å². The Morgan fingerprint density at radius 2 is 2.23 bits per heavy atom. The van der Waals surface area contributed by atoms with Crippen LogP contribution in [0.3, 0.4) is 0 Å². The number of piperidine rings is 1. The van der Waals surface area contributed by atoms with Crippen molar-refractivity contribution in [3.05, 3.63) is 38.8 Å². The molecule has 3 heterocycles. The summed E-state index contributed by atoms with van der Waals surface area (Å²) in [6, 6.07) is 1.72. The van der Waals surface area contributed by atoms with Crippen LogP contribution in [-0.4, -0.2) is 40.0 Å². The van der Waals surface area contributed by atoms with Gasteiger partial charge in [0.1, 0.15) is 5.69 Å². The van der Waals surface area contributed by atoms with Gasteiger partial charge in [-0.25, -0.2) is 0 Å². The van der Waals surface area contributed by atoms with Crippen molar-refractivity contribution in [3.63, 3.8) is 0 Å². The van der Waals surface area contributed by atoms with Crippen LogP contribution in [0.4, 0.5) is 0 Å². The van der Waals surface area contributed by atoms with Gasteiger partial charge in [-0.1, -0.05) is 6.92 Å². The Labute approximate surface area is 156 Å². The molecule has 2 aromatic rings. The van der Waals surface area contributed by atoms with Gasteiger partial charge in [-0.2, -0.15) is 5.10 Å². The largest absolute Gasteiger partial charge is 0.364 e. The van der Waals surface area contributed by atoms with Gasteiger partial charge < -0.3 is 10.6 Å². The quantitative estimate of drug-likeness (QED) is 0.868. The van der Waals surface area contributed by atoms with Gasteiger partial charge in [0.2, 0.25) is 0 Å². The maximum atomic E-state index is 13.1. The Hall–Kier alpha value is -2.15. The van der Waals surface area contributed by atoms with Crippen molar-refractivity contribution in [2.75, 3.05) is 13.1 Å². The summed E-state index contributed by atoms with van der Waals surface area (Å²) in [7, 11) is 0. The molecule has 0 aromatic carbocycles. The molecule has 0 unspecified atom stereocenters. The zero-order valence-corrected chi connectivity index (χ0v) is 15.8. The Morgan fingerprint density at radius 1 is 1.38 bits per heavy atom. The number of nitrogens with one attached hydrogen (secondary N) is 1. The molecule has 0 saturated carbocycles. The zero-order chi connectivity index (χ0) is 18.3. The normalized spacial score (nSPS) is 22.9. The van der Waals surface area contributed by atoms with E-state index in [-0.39, 0.29) is 17.5 Å². The molecule has 7 heteroatoms. The first-order valence-corrected chi connectivity index (χ1v) is 10.1. The summed E-state index contributed by atoms with van der Waals surface area (Å²) in [5, 5.41) is 8.94. The second kappa shape index (κ2) is 6.87. The molecule has 2 amide bonds. The predicted octanol–water partition coefficient (Wildman–Crippen LogP) is 2.71. The van der Waals surface area contributed by atoms with E-state index in [0.717, 1.165) is 49.9 Å². The minimum absolute atomic E-state index is 0.149. The fraction of sp³-hybridized carbons (Fsp3) is 0.526. The van der Waals surface area contributed by atoms with Crippen molar-refractivity contribution in [1.29, 1.82) is 0 Å². The van der Waals surface area contributed by atoms with E-state index in [4.69, 9.17) is 5.73 Å². The van der Waals surface area contributed by atoms with Crippen LogP contribution in [-0.2, 0) is 12.8 Å². The van der Waals surface area contributed by atoms with Gasteiger partial charge in [0.05, 0.1) is 5.56 Å². The third kappa shape index (κ3) is 3.16. The predicted molar refractivity (Wildman–Crippen MR) is 100 cm³/mol. The number of fused-ring (bicyclic) bond motifs is 1. The first kappa shape index (κ1) is 17.3. The average Bonchev–Trinajstić information content (AvgIpc) is 3.28. The average molecular weight is 372 g/mol. The standard InChI is InChI=1S/C19H24N4O2S/c1-11-4-5-13-14(10-26-17(13)7-11)19(25)23-6-2-3-12(9-23)15-8-16(18(20)24)22-21-15/h8,10-12H,2-7,9H2,1H3,(H2,20,24)(H,21,22)/t11-,12-/m1/s1. The van der Waals surface area contributed by atoms with E-state index in [1.165, 1.54) is 10.4 Å². The number of hydrogen-bond donors (Lipinski definition) is 2. The lowest BCUT2D eigenvalue weighted by atomic mass is 9.88. The molecule has 3 N–H and O–H groups in total. The van der Waals surface area contributed by atoms with E-state index in [1.54, 1.807) is 17.4 Å². The molecule has 1 saturated heterocycles. The van der Waals surface area contributed by atoms with Crippen LogP contribution in [0.15, 0.2) is 11.4 Å². The molecule has 26 heavy (non-hydrogen) atoms. The second-order valence-electron chi connectivity index (χ2n) is 7.56. The van der Waals surface area contributed by atoms with Crippen LogP contribution >= 0.6 is 11.3 Å². The van der Waals surface area contributed by atoms with Crippen molar-refractivity contribution in [3.8, 4) is 0 Å².